The summed E-state index contributed by atoms with van der Waals surface area (Å²) in [6.07, 6.45) is -1.47. The van der Waals surface area contributed by atoms with E-state index in [0.717, 1.165) is 0 Å². The highest BCUT2D eigenvalue weighted by molar-refractivity contribution is 5.85. The molecule has 7 heteroatoms. The van der Waals surface area contributed by atoms with Crippen LogP contribution < -0.4 is 15.8 Å². The molecule has 0 unspecified atom stereocenters. The molecule has 2 fully saturated rings. The fraction of sp³-hybridized carbons (Fsp3) is 0.500. The van der Waals surface area contributed by atoms with Crippen LogP contribution in [0.1, 0.15) is 0 Å². The number of hydrogen-bond acceptors (Lipinski definition) is 6. The van der Waals surface area contributed by atoms with E-state index in [9.17, 15) is 4.79 Å². The van der Waals surface area contributed by atoms with Gasteiger partial charge in [0.15, 0.2) is 6.10 Å². The molecular formula is C14H18N2O5. The van der Waals surface area contributed by atoms with Crippen molar-refractivity contribution in [3.8, 4) is 5.75 Å². The van der Waals surface area contributed by atoms with E-state index in [1.807, 2.05) is 0 Å². The van der Waals surface area contributed by atoms with Crippen LogP contribution in [0.2, 0.25) is 0 Å². The molecule has 114 valence electrons. The van der Waals surface area contributed by atoms with Crippen LogP contribution in [-0.4, -0.2) is 50.8 Å². The number of carbonyl (C=O) groups excluding carboxylic acids is 1. The lowest BCUT2D eigenvalue weighted by molar-refractivity contribution is 0.00899. The number of benzene rings is 1. The van der Waals surface area contributed by atoms with E-state index < -0.39 is 12.2 Å². The molecular weight excluding hydrogens is 276 g/mol. The maximum atomic E-state index is 11.9. The summed E-state index contributed by atoms with van der Waals surface area (Å²) >= 11 is 0. The van der Waals surface area contributed by atoms with Crippen LogP contribution in [0.4, 0.5) is 10.5 Å². The van der Waals surface area contributed by atoms with Crippen LogP contribution in [0.3, 0.4) is 0 Å². The zero-order chi connectivity index (χ0) is 14.8. The van der Waals surface area contributed by atoms with Gasteiger partial charge in [-0.15, -0.1) is 0 Å². The smallest absolute Gasteiger partial charge is 0.412 e. The first-order chi connectivity index (χ1) is 10.2. The molecule has 0 spiro atoms. The van der Waals surface area contributed by atoms with Gasteiger partial charge in [-0.25, -0.2) is 4.79 Å². The zero-order valence-corrected chi connectivity index (χ0v) is 11.7. The predicted octanol–water partition coefficient (Wildman–Crippen LogP) is 0.737. The van der Waals surface area contributed by atoms with Gasteiger partial charge in [-0.1, -0.05) is 6.07 Å². The quantitative estimate of drug-likeness (QED) is 0.854. The number of rotatable bonds is 3. The van der Waals surface area contributed by atoms with Crippen molar-refractivity contribution in [2.24, 2.45) is 5.73 Å². The number of nitrogens with one attached hydrogen (secondary N) is 1. The first-order valence-electron chi connectivity index (χ1n) is 6.78. The maximum Gasteiger partial charge on any atom is 0.412 e. The van der Waals surface area contributed by atoms with Gasteiger partial charge in [0.1, 0.15) is 18.0 Å². The molecule has 2 aliphatic heterocycles. The van der Waals surface area contributed by atoms with Gasteiger partial charge in [0.2, 0.25) is 0 Å². The molecule has 3 N–H and O–H groups in total. The van der Waals surface area contributed by atoms with E-state index in [1.54, 1.807) is 31.4 Å². The Balaban J connectivity index is 1.57. The topological polar surface area (TPSA) is 92.0 Å². The minimum Gasteiger partial charge on any atom is -0.497 e. The monoisotopic (exact) mass is 294 g/mol. The molecule has 1 aromatic rings. The summed E-state index contributed by atoms with van der Waals surface area (Å²) in [5.74, 6) is 0.655. The molecule has 0 aliphatic carbocycles. The summed E-state index contributed by atoms with van der Waals surface area (Å²) in [6.45, 7) is 0.723. The van der Waals surface area contributed by atoms with Gasteiger partial charge in [-0.3, -0.25) is 5.32 Å². The molecule has 4 atom stereocenters. The maximum absolute atomic E-state index is 11.9. The van der Waals surface area contributed by atoms with Crippen molar-refractivity contribution in [3.63, 3.8) is 0 Å². The first kappa shape index (κ1) is 14.1. The van der Waals surface area contributed by atoms with Crippen molar-refractivity contribution in [2.45, 2.75) is 24.4 Å². The van der Waals surface area contributed by atoms with Crippen LogP contribution in [0.25, 0.3) is 0 Å². The standard InChI is InChI=1S/C14H18N2O5/c1-18-9-4-2-3-8(5-9)16-14(17)21-11-7-20-12-10(15)6-19-13(11)12/h2-5,10-13H,6-7,15H2,1H3,(H,16,17)/t10-,11+,12+,13+/m0/s1. The Morgan fingerprint density at radius 1 is 1.33 bits per heavy atom. The lowest BCUT2D eigenvalue weighted by atomic mass is 10.1. The molecule has 7 nitrogen and oxygen atoms in total. The lowest BCUT2D eigenvalue weighted by Gasteiger charge is -2.17. The van der Waals surface area contributed by atoms with E-state index in [2.05, 4.69) is 5.32 Å². The summed E-state index contributed by atoms with van der Waals surface area (Å²) in [6, 6.07) is 6.86. The second kappa shape index (κ2) is 5.88. The summed E-state index contributed by atoms with van der Waals surface area (Å²) in [5.41, 5.74) is 6.44. The van der Waals surface area contributed by atoms with Crippen molar-refractivity contribution >= 4 is 11.8 Å². The number of carbonyl (C=O) groups is 1. The largest absolute Gasteiger partial charge is 0.497 e. The fourth-order valence-corrected chi connectivity index (χ4v) is 2.58. The van der Waals surface area contributed by atoms with Crippen LogP contribution in [-0.2, 0) is 14.2 Å². The van der Waals surface area contributed by atoms with E-state index in [1.165, 1.54) is 0 Å². The van der Waals surface area contributed by atoms with Gasteiger partial charge in [-0.2, -0.15) is 0 Å². The van der Waals surface area contributed by atoms with Crippen LogP contribution in [0.5, 0.6) is 5.75 Å². The average Bonchev–Trinajstić information content (AvgIpc) is 3.03. The van der Waals surface area contributed by atoms with Crippen molar-refractivity contribution in [1.82, 2.24) is 0 Å². The summed E-state index contributed by atoms with van der Waals surface area (Å²) in [5, 5.41) is 2.65. The molecule has 2 saturated heterocycles. The highest BCUT2D eigenvalue weighted by Crippen LogP contribution is 2.28. The Hall–Kier alpha value is -1.83. The van der Waals surface area contributed by atoms with Crippen LogP contribution in [0.15, 0.2) is 24.3 Å². The van der Waals surface area contributed by atoms with E-state index in [-0.39, 0.29) is 18.2 Å². The van der Waals surface area contributed by atoms with Crippen LogP contribution >= 0.6 is 0 Å². The predicted molar refractivity (Wildman–Crippen MR) is 74.3 cm³/mol. The number of anilines is 1. The van der Waals surface area contributed by atoms with Crippen molar-refractivity contribution in [1.29, 1.82) is 0 Å². The van der Waals surface area contributed by atoms with Gasteiger partial charge in [0.05, 0.1) is 26.4 Å². The first-order valence-corrected chi connectivity index (χ1v) is 6.78. The van der Waals surface area contributed by atoms with Crippen molar-refractivity contribution in [3.05, 3.63) is 24.3 Å². The molecule has 1 aromatic carbocycles. The van der Waals surface area contributed by atoms with Gasteiger partial charge >= 0.3 is 6.09 Å². The number of amides is 1. The third kappa shape index (κ3) is 2.94. The molecule has 2 aliphatic rings. The Morgan fingerprint density at radius 3 is 2.95 bits per heavy atom. The number of ether oxygens (including phenoxy) is 4. The lowest BCUT2D eigenvalue weighted by Crippen LogP contribution is -2.38. The number of nitrogens with two attached hydrogens (primary N) is 1. The van der Waals surface area contributed by atoms with Gasteiger partial charge in [-0.05, 0) is 12.1 Å². The molecule has 0 bridgehead atoms. The van der Waals surface area contributed by atoms with Gasteiger partial charge in [0.25, 0.3) is 0 Å². The number of hydrogen-bond donors (Lipinski definition) is 2. The Kier molecular flexibility index (Phi) is 3.96. The zero-order valence-electron chi connectivity index (χ0n) is 11.7. The third-order valence-corrected chi connectivity index (χ3v) is 3.62. The summed E-state index contributed by atoms with van der Waals surface area (Å²) < 4.78 is 21.5. The molecule has 2 heterocycles. The second-order valence-corrected chi connectivity index (χ2v) is 5.06. The summed E-state index contributed by atoms with van der Waals surface area (Å²) in [4.78, 5) is 11.9. The van der Waals surface area contributed by atoms with Gasteiger partial charge < -0.3 is 24.7 Å². The highest BCUT2D eigenvalue weighted by atomic mass is 16.6. The minimum atomic E-state index is -0.554. The Bertz CT molecular complexity index is 524. The molecule has 0 radical (unpaired) electrons. The number of methoxy groups -OCH3 is 1. The Morgan fingerprint density at radius 2 is 2.14 bits per heavy atom. The van der Waals surface area contributed by atoms with Gasteiger partial charge in [0, 0.05) is 11.8 Å². The fourth-order valence-electron chi connectivity index (χ4n) is 2.58. The van der Waals surface area contributed by atoms with Crippen molar-refractivity contribution < 1.29 is 23.7 Å². The minimum absolute atomic E-state index is 0.162. The molecule has 3 rings (SSSR count). The normalized spacial score (nSPS) is 30.8. The average molecular weight is 294 g/mol. The second-order valence-electron chi connectivity index (χ2n) is 5.06. The molecule has 0 aromatic heterocycles. The highest BCUT2D eigenvalue weighted by Gasteiger charge is 2.48. The molecule has 1 amide bonds. The van der Waals surface area contributed by atoms with E-state index >= 15 is 0 Å². The van der Waals surface area contributed by atoms with Crippen molar-refractivity contribution in [2.75, 3.05) is 25.6 Å². The van der Waals surface area contributed by atoms with Crippen LogP contribution in [0, 0.1) is 0 Å². The third-order valence-electron chi connectivity index (χ3n) is 3.62. The summed E-state index contributed by atoms with van der Waals surface area (Å²) in [7, 11) is 1.56. The van der Waals surface area contributed by atoms with E-state index in [0.29, 0.717) is 24.7 Å². The SMILES string of the molecule is COc1cccc(NC(=O)O[C@@H]2CO[C@H]3[C@@H]2OC[C@@H]3N)c1. The molecule has 0 saturated carbocycles. The van der Waals surface area contributed by atoms with E-state index in [4.69, 9.17) is 24.7 Å². The Labute approximate surface area is 122 Å². The molecule has 21 heavy (non-hydrogen) atoms. The number of fused-ring (bicyclic) bond motifs is 1.